The number of nitrogens with zero attached hydrogens (tertiary/aromatic N) is 1. The molecule has 2 aromatic carbocycles. The van der Waals surface area contributed by atoms with Gasteiger partial charge in [-0.25, -0.2) is 4.98 Å². The first-order valence-electron chi connectivity index (χ1n) is 11.6. The molecule has 1 N–H and O–H groups in total. The van der Waals surface area contributed by atoms with Gasteiger partial charge in [-0.3, -0.25) is 9.59 Å². The standard InChI is InChI=1S/C28H24Cl4N2O3/c1-28(2,3)26(36)25-24(33-22(35)5-4-12-29)20-14-19(15-6-8-16(30)9-7-15)23(34-27(20)37-25)18-11-10-17(31)13-21(18)32/h6-11,13-14H,4-5,12H2,1-3H3,(H,33,35). The molecule has 2 aromatic heterocycles. The van der Waals surface area contributed by atoms with E-state index in [1.165, 1.54) is 0 Å². The number of amides is 1. The van der Waals surface area contributed by atoms with Gasteiger partial charge in [-0.05, 0) is 48.4 Å². The summed E-state index contributed by atoms with van der Waals surface area (Å²) < 4.78 is 6.04. The molecular formula is C28H24Cl4N2O3. The lowest BCUT2D eigenvalue weighted by atomic mass is 9.88. The van der Waals surface area contributed by atoms with Crippen LogP contribution in [0.25, 0.3) is 33.5 Å². The molecule has 0 saturated carbocycles. The maximum atomic E-state index is 13.3. The zero-order valence-corrected chi connectivity index (χ0v) is 23.4. The van der Waals surface area contributed by atoms with Gasteiger partial charge in [0.2, 0.25) is 17.4 Å². The van der Waals surface area contributed by atoms with E-state index in [-0.39, 0.29) is 35.3 Å². The third kappa shape index (κ3) is 5.96. The Labute approximate surface area is 235 Å². The number of benzene rings is 2. The molecule has 0 aliphatic heterocycles. The van der Waals surface area contributed by atoms with Crippen molar-refractivity contribution in [3.8, 4) is 22.4 Å². The number of fused-ring (bicyclic) bond motifs is 1. The molecule has 0 bridgehead atoms. The number of carbonyl (C=O) groups excluding carboxylic acids is 2. The maximum Gasteiger partial charge on any atom is 0.229 e. The van der Waals surface area contributed by atoms with Crippen molar-refractivity contribution >= 4 is 74.9 Å². The number of carbonyl (C=O) groups is 2. The number of pyridine rings is 1. The van der Waals surface area contributed by atoms with E-state index in [2.05, 4.69) is 5.32 Å². The summed E-state index contributed by atoms with van der Waals surface area (Å²) >= 11 is 24.6. The van der Waals surface area contributed by atoms with Crippen LogP contribution in [0.5, 0.6) is 0 Å². The lowest BCUT2D eigenvalue weighted by molar-refractivity contribution is -0.116. The van der Waals surface area contributed by atoms with Crippen LogP contribution in [0, 0.1) is 5.41 Å². The average Bonchev–Trinajstić information content (AvgIpc) is 3.18. The predicted octanol–water partition coefficient (Wildman–Crippen LogP) is 9.31. The first-order chi connectivity index (χ1) is 17.5. The van der Waals surface area contributed by atoms with E-state index in [1.54, 1.807) is 51.1 Å². The van der Waals surface area contributed by atoms with E-state index in [1.807, 2.05) is 18.2 Å². The molecule has 0 aliphatic rings. The minimum Gasteiger partial charge on any atom is -0.432 e. The first-order valence-corrected chi connectivity index (χ1v) is 13.3. The molecule has 4 rings (SSSR count). The molecule has 1 amide bonds. The minimum absolute atomic E-state index is 0.0376. The number of aromatic nitrogens is 1. The molecule has 0 radical (unpaired) electrons. The van der Waals surface area contributed by atoms with Crippen LogP contribution in [0.4, 0.5) is 5.69 Å². The zero-order valence-electron chi connectivity index (χ0n) is 20.4. The number of nitrogens with one attached hydrogen (secondary N) is 1. The third-order valence-corrected chi connectivity index (χ3v) is 6.78. The second-order valence-electron chi connectivity index (χ2n) is 9.59. The summed E-state index contributed by atoms with van der Waals surface area (Å²) in [4.78, 5) is 30.9. The Hall–Kier alpha value is -2.57. The Morgan fingerprint density at radius 2 is 1.62 bits per heavy atom. The topological polar surface area (TPSA) is 72.2 Å². The van der Waals surface area contributed by atoms with E-state index >= 15 is 0 Å². The predicted molar refractivity (Wildman–Crippen MR) is 152 cm³/mol. The van der Waals surface area contributed by atoms with Gasteiger partial charge in [-0.15, -0.1) is 11.6 Å². The smallest absolute Gasteiger partial charge is 0.229 e. The highest BCUT2D eigenvalue weighted by atomic mass is 35.5. The van der Waals surface area contributed by atoms with Crippen molar-refractivity contribution in [2.24, 2.45) is 5.41 Å². The molecule has 0 fully saturated rings. The highest BCUT2D eigenvalue weighted by Crippen LogP contribution is 2.42. The number of anilines is 1. The highest BCUT2D eigenvalue weighted by Gasteiger charge is 2.32. The van der Waals surface area contributed by atoms with E-state index in [0.29, 0.717) is 49.6 Å². The van der Waals surface area contributed by atoms with Gasteiger partial charge in [-0.1, -0.05) is 67.7 Å². The second-order valence-corrected chi connectivity index (χ2v) is 11.3. The maximum absolute atomic E-state index is 13.3. The fourth-order valence-electron chi connectivity index (χ4n) is 3.81. The van der Waals surface area contributed by atoms with Crippen LogP contribution in [0.3, 0.4) is 0 Å². The number of hydrogen-bond acceptors (Lipinski definition) is 4. The molecule has 5 nitrogen and oxygen atoms in total. The monoisotopic (exact) mass is 576 g/mol. The quantitative estimate of drug-likeness (QED) is 0.175. The fraction of sp³-hybridized carbons (Fsp3) is 0.250. The summed E-state index contributed by atoms with van der Waals surface area (Å²) in [6, 6.07) is 14.2. The lowest BCUT2D eigenvalue weighted by Crippen LogP contribution is -2.22. The molecule has 0 unspecified atom stereocenters. The number of Topliss-reactive ketones (excluding diaryl/α,β-unsaturated/α-hetero) is 1. The number of hydrogen-bond donors (Lipinski definition) is 1. The number of furan rings is 1. The van der Waals surface area contributed by atoms with Crippen LogP contribution in [-0.4, -0.2) is 22.6 Å². The van der Waals surface area contributed by atoms with Crippen LogP contribution < -0.4 is 5.32 Å². The van der Waals surface area contributed by atoms with Crippen LogP contribution in [-0.2, 0) is 4.79 Å². The number of alkyl halides is 1. The summed E-state index contributed by atoms with van der Waals surface area (Å²) in [6.45, 7) is 5.35. The van der Waals surface area contributed by atoms with Gasteiger partial charge in [0.15, 0.2) is 5.76 Å². The molecule has 0 spiro atoms. The van der Waals surface area contributed by atoms with Crippen molar-refractivity contribution in [3.63, 3.8) is 0 Å². The summed E-state index contributed by atoms with van der Waals surface area (Å²) in [5, 5.41) is 4.83. The molecule has 0 aliphatic carbocycles. The summed E-state index contributed by atoms with van der Waals surface area (Å²) in [7, 11) is 0. The Kier molecular flexibility index (Phi) is 8.20. The Bertz CT molecular complexity index is 1490. The summed E-state index contributed by atoms with van der Waals surface area (Å²) in [6.07, 6.45) is 0.703. The molecule has 2 heterocycles. The van der Waals surface area contributed by atoms with Crippen molar-refractivity contribution in [1.29, 1.82) is 0 Å². The molecular weight excluding hydrogens is 554 g/mol. The molecule has 0 saturated heterocycles. The van der Waals surface area contributed by atoms with Gasteiger partial charge in [-0.2, -0.15) is 0 Å². The number of ketones is 1. The van der Waals surface area contributed by atoms with Crippen LogP contribution in [0.2, 0.25) is 15.1 Å². The molecule has 0 atom stereocenters. The summed E-state index contributed by atoms with van der Waals surface area (Å²) in [5.74, 6) is -0.155. The van der Waals surface area contributed by atoms with Crippen molar-refractivity contribution in [2.45, 2.75) is 33.6 Å². The molecule has 37 heavy (non-hydrogen) atoms. The highest BCUT2D eigenvalue weighted by molar-refractivity contribution is 6.36. The minimum atomic E-state index is -0.759. The van der Waals surface area contributed by atoms with Crippen LogP contribution >= 0.6 is 46.4 Å². The van der Waals surface area contributed by atoms with Crippen molar-refractivity contribution in [1.82, 2.24) is 4.98 Å². The first kappa shape index (κ1) is 27.5. The Balaban J connectivity index is 2.02. The summed E-state index contributed by atoms with van der Waals surface area (Å²) in [5.41, 5.74) is 2.39. The van der Waals surface area contributed by atoms with Gasteiger partial charge < -0.3 is 9.73 Å². The fourth-order valence-corrected chi connectivity index (χ4v) is 4.57. The Morgan fingerprint density at radius 1 is 0.946 bits per heavy atom. The van der Waals surface area contributed by atoms with Gasteiger partial charge >= 0.3 is 0 Å². The van der Waals surface area contributed by atoms with Gasteiger partial charge in [0.05, 0.1) is 16.1 Å². The van der Waals surface area contributed by atoms with Gasteiger partial charge in [0.25, 0.3) is 0 Å². The van der Waals surface area contributed by atoms with E-state index < -0.39 is 5.41 Å². The van der Waals surface area contributed by atoms with Gasteiger partial charge in [0, 0.05) is 38.9 Å². The SMILES string of the molecule is CC(C)(C)C(=O)c1oc2nc(-c3ccc(Cl)cc3Cl)c(-c3ccc(Cl)cc3)cc2c1NC(=O)CCCCl. The van der Waals surface area contributed by atoms with E-state index in [0.717, 1.165) is 5.56 Å². The lowest BCUT2D eigenvalue weighted by Gasteiger charge is -2.15. The number of halogens is 4. The number of rotatable bonds is 7. The molecule has 9 heteroatoms. The van der Waals surface area contributed by atoms with Crippen LogP contribution in [0.1, 0.15) is 44.2 Å². The van der Waals surface area contributed by atoms with Gasteiger partial charge in [0.1, 0.15) is 5.69 Å². The average molecular weight is 578 g/mol. The third-order valence-electron chi connectivity index (χ3n) is 5.71. The van der Waals surface area contributed by atoms with Crippen molar-refractivity contribution < 1.29 is 14.0 Å². The van der Waals surface area contributed by atoms with E-state index in [4.69, 9.17) is 55.8 Å². The van der Waals surface area contributed by atoms with E-state index in [9.17, 15) is 9.59 Å². The van der Waals surface area contributed by atoms with Crippen molar-refractivity contribution in [3.05, 3.63) is 69.4 Å². The zero-order chi connectivity index (χ0) is 26.9. The largest absolute Gasteiger partial charge is 0.432 e. The second kappa shape index (κ2) is 11.0. The Morgan fingerprint density at radius 3 is 2.24 bits per heavy atom. The molecule has 192 valence electrons. The normalized spacial score (nSPS) is 11.6. The molecule has 4 aromatic rings. The van der Waals surface area contributed by atoms with Crippen molar-refractivity contribution in [2.75, 3.05) is 11.2 Å². The van der Waals surface area contributed by atoms with Crippen LogP contribution in [0.15, 0.2) is 52.9 Å².